The summed E-state index contributed by atoms with van der Waals surface area (Å²) >= 11 is 0. The molecule has 3 aliphatic carbocycles. The lowest BCUT2D eigenvalue weighted by Gasteiger charge is -2.49. The van der Waals surface area contributed by atoms with Gasteiger partial charge < -0.3 is 31.4 Å². The van der Waals surface area contributed by atoms with Gasteiger partial charge in [0.2, 0.25) is 0 Å². The van der Waals surface area contributed by atoms with Crippen LogP contribution in [0.25, 0.3) is 0 Å². The normalized spacial score (nSPS) is 26.9. The van der Waals surface area contributed by atoms with E-state index in [1.54, 1.807) is 13.2 Å². The van der Waals surface area contributed by atoms with Gasteiger partial charge in [0, 0.05) is 32.2 Å². The van der Waals surface area contributed by atoms with Crippen molar-refractivity contribution in [1.29, 1.82) is 0 Å². The van der Waals surface area contributed by atoms with Crippen LogP contribution in [0.2, 0.25) is 0 Å². The van der Waals surface area contributed by atoms with Gasteiger partial charge in [0.05, 0.1) is 12.7 Å². The molecule has 1 aromatic carbocycles. The Morgan fingerprint density at radius 3 is 2.67 bits per heavy atom. The summed E-state index contributed by atoms with van der Waals surface area (Å²) in [5, 5.41) is 15.5. The third-order valence-electron chi connectivity index (χ3n) is 10.2. The van der Waals surface area contributed by atoms with Crippen molar-refractivity contribution in [1.82, 2.24) is 5.32 Å². The molecule has 1 aromatic rings. The third-order valence-corrected chi connectivity index (χ3v) is 10.2. The van der Waals surface area contributed by atoms with E-state index in [0.29, 0.717) is 43.6 Å². The molecule has 45 heavy (non-hydrogen) atoms. The van der Waals surface area contributed by atoms with E-state index in [4.69, 9.17) is 20.9 Å². The zero-order valence-electron chi connectivity index (χ0n) is 28.1. The van der Waals surface area contributed by atoms with E-state index in [1.165, 1.54) is 5.57 Å². The number of nitrogens with zero attached hydrogens (tertiary/aromatic N) is 1. The number of unbranched alkanes of at least 4 members (excludes halogenated alkanes) is 1. The number of hydrogen-bond acceptors (Lipinski definition) is 6. The standard InChI is InChI=1S/C37H58N4O4/c1-5-6-7-10-28(42)14-13-25-19-32(36(43)34(20-25)45-29-11-8-9-12-29)35-31-18-24(2)17-27(22-40-3)30(31)21-26(33(35)23-44-4)15-16-41-37(38)39/h7,10,19-21,24,26-27,29,31,33,35,40,43H,5-6,8-9,11-18,22-23H2,1-4H3,(H4,38,39,41). The highest BCUT2D eigenvalue weighted by molar-refractivity contribution is 5.89. The molecule has 6 atom stereocenters. The topological polar surface area (TPSA) is 132 Å². The van der Waals surface area contributed by atoms with Gasteiger partial charge in [-0.2, -0.15) is 0 Å². The van der Waals surface area contributed by atoms with Crippen LogP contribution in [0, 0.1) is 29.6 Å². The number of fused-ring (bicyclic) bond motifs is 1. The Morgan fingerprint density at radius 2 is 1.98 bits per heavy atom. The number of phenolic OH excluding ortho intramolecular Hbond substituents is 1. The number of aromatic hydroxyl groups is 1. The van der Waals surface area contributed by atoms with Gasteiger partial charge in [-0.3, -0.25) is 9.79 Å². The van der Waals surface area contributed by atoms with Gasteiger partial charge in [0.15, 0.2) is 23.2 Å². The van der Waals surface area contributed by atoms with Crippen LogP contribution < -0.4 is 21.5 Å². The predicted molar refractivity (Wildman–Crippen MR) is 183 cm³/mol. The molecule has 2 saturated carbocycles. The van der Waals surface area contributed by atoms with Crippen LogP contribution in [-0.2, 0) is 16.0 Å². The smallest absolute Gasteiger partial charge is 0.185 e. The fourth-order valence-electron chi connectivity index (χ4n) is 8.19. The Kier molecular flexibility index (Phi) is 13.4. The maximum Gasteiger partial charge on any atom is 0.185 e. The zero-order valence-corrected chi connectivity index (χ0v) is 28.1. The number of guanidine groups is 1. The SMILES string of the molecule is CCCC=CC(=O)CCc1cc(OC2CCCC2)c(O)c(C2C3CC(C)CC(CNC)C3=CC(CCN=C(N)N)C2COC)c1. The van der Waals surface area contributed by atoms with Crippen LogP contribution in [0.15, 0.2) is 40.9 Å². The molecule has 2 fully saturated rings. The highest BCUT2D eigenvalue weighted by Gasteiger charge is 2.46. The largest absolute Gasteiger partial charge is 0.504 e. The van der Waals surface area contributed by atoms with E-state index in [9.17, 15) is 9.90 Å². The first kappa shape index (κ1) is 35.0. The van der Waals surface area contributed by atoms with Crippen molar-refractivity contribution in [3.63, 3.8) is 0 Å². The molecule has 8 heteroatoms. The molecule has 0 aromatic heterocycles. The summed E-state index contributed by atoms with van der Waals surface area (Å²) in [7, 11) is 3.79. The van der Waals surface area contributed by atoms with Crippen LogP contribution in [0.5, 0.6) is 11.5 Å². The molecule has 0 saturated heterocycles. The number of ether oxygens (including phenoxy) is 2. The van der Waals surface area contributed by atoms with Gasteiger partial charge in [-0.15, -0.1) is 0 Å². The summed E-state index contributed by atoms with van der Waals surface area (Å²) in [6, 6.07) is 4.14. The average molecular weight is 623 g/mol. The molecule has 0 bridgehead atoms. The summed E-state index contributed by atoms with van der Waals surface area (Å²) in [5.41, 5.74) is 14.9. The molecule has 4 rings (SSSR count). The number of nitrogens with one attached hydrogen (secondary N) is 1. The number of ketones is 1. The van der Waals surface area contributed by atoms with E-state index in [2.05, 4.69) is 36.3 Å². The number of aryl methyl sites for hydroxylation is 1. The number of benzene rings is 1. The number of rotatable bonds is 16. The molecule has 0 radical (unpaired) electrons. The van der Waals surface area contributed by atoms with Gasteiger partial charge in [-0.25, -0.2) is 0 Å². The molecule has 250 valence electrons. The van der Waals surface area contributed by atoms with Gasteiger partial charge >= 0.3 is 0 Å². The third kappa shape index (κ3) is 9.35. The van der Waals surface area contributed by atoms with Crippen molar-refractivity contribution in [3.8, 4) is 11.5 Å². The second-order valence-electron chi connectivity index (χ2n) is 13.7. The first-order chi connectivity index (χ1) is 21.7. The second kappa shape index (κ2) is 17.2. The minimum atomic E-state index is 0.0299. The van der Waals surface area contributed by atoms with Gasteiger partial charge in [0.25, 0.3) is 0 Å². The minimum Gasteiger partial charge on any atom is -0.504 e. The fourth-order valence-corrected chi connectivity index (χ4v) is 8.19. The Labute approximate surface area is 271 Å². The lowest BCUT2D eigenvalue weighted by molar-refractivity contribution is -0.114. The second-order valence-corrected chi connectivity index (χ2v) is 13.7. The summed E-state index contributed by atoms with van der Waals surface area (Å²) in [6.07, 6.45) is 16.5. The van der Waals surface area contributed by atoms with E-state index in [0.717, 1.165) is 75.5 Å². The van der Waals surface area contributed by atoms with Crippen LogP contribution in [0.3, 0.4) is 0 Å². The molecule has 0 amide bonds. The lowest BCUT2D eigenvalue weighted by atomic mass is 9.56. The Hall–Kier alpha value is -2.84. The number of aliphatic imine (C=N–C) groups is 1. The number of phenols is 1. The minimum absolute atomic E-state index is 0.0299. The molecule has 0 aliphatic heterocycles. The number of carbonyl (C=O) groups is 1. The summed E-state index contributed by atoms with van der Waals surface area (Å²) in [6.45, 7) is 6.49. The molecule has 3 aliphatic rings. The van der Waals surface area contributed by atoms with Gasteiger partial charge in [-0.1, -0.05) is 44.1 Å². The van der Waals surface area contributed by atoms with E-state index >= 15 is 0 Å². The van der Waals surface area contributed by atoms with Crippen molar-refractivity contribution >= 4 is 11.7 Å². The monoisotopic (exact) mass is 622 g/mol. The van der Waals surface area contributed by atoms with Crippen molar-refractivity contribution in [3.05, 3.63) is 47.1 Å². The van der Waals surface area contributed by atoms with Crippen molar-refractivity contribution in [2.75, 3.05) is 33.9 Å². The van der Waals surface area contributed by atoms with Crippen LogP contribution >= 0.6 is 0 Å². The van der Waals surface area contributed by atoms with Gasteiger partial charge in [-0.05, 0) is 118 Å². The number of allylic oxidation sites excluding steroid dienone is 3. The first-order valence-corrected chi connectivity index (χ1v) is 17.4. The quantitative estimate of drug-likeness (QED) is 0.0767. The number of hydrogen-bond donors (Lipinski definition) is 4. The van der Waals surface area contributed by atoms with E-state index in [1.807, 2.05) is 19.2 Å². The summed E-state index contributed by atoms with van der Waals surface area (Å²) in [5.74, 6) is 2.63. The van der Waals surface area contributed by atoms with Crippen LogP contribution in [-0.4, -0.2) is 56.8 Å². The zero-order chi connectivity index (χ0) is 32.3. The maximum absolute atomic E-state index is 12.7. The molecule has 8 nitrogen and oxygen atoms in total. The van der Waals surface area contributed by atoms with Crippen molar-refractivity contribution in [2.45, 2.75) is 96.5 Å². The molecule has 0 heterocycles. The van der Waals surface area contributed by atoms with Crippen molar-refractivity contribution < 1.29 is 19.4 Å². The Bertz CT molecular complexity index is 1200. The first-order valence-electron chi connectivity index (χ1n) is 17.4. The molecule has 6 N–H and O–H groups in total. The summed E-state index contributed by atoms with van der Waals surface area (Å²) < 4.78 is 12.5. The highest BCUT2D eigenvalue weighted by atomic mass is 16.5. The van der Waals surface area contributed by atoms with Crippen LogP contribution in [0.1, 0.15) is 95.1 Å². The number of nitrogens with two attached hydrogens (primary N) is 2. The fraction of sp³-hybridized carbons (Fsp3) is 0.676. The summed E-state index contributed by atoms with van der Waals surface area (Å²) in [4.78, 5) is 17.1. The van der Waals surface area contributed by atoms with Gasteiger partial charge in [0.1, 0.15) is 0 Å². The Morgan fingerprint density at radius 1 is 1.20 bits per heavy atom. The number of carbonyl (C=O) groups excluding carboxylic acids is 1. The molecular formula is C37H58N4O4. The van der Waals surface area contributed by atoms with E-state index in [-0.39, 0.29) is 47.3 Å². The van der Waals surface area contributed by atoms with Crippen LogP contribution in [0.4, 0.5) is 0 Å². The average Bonchev–Trinajstić information content (AvgIpc) is 3.51. The Balaban J connectivity index is 1.79. The molecular weight excluding hydrogens is 564 g/mol. The molecule has 0 spiro atoms. The number of methoxy groups -OCH3 is 1. The maximum atomic E-state index is 12.7. The molecule has 6 unspecified atom stereocenters. The predicted octanol–water partition coefficient (Wildman–Crippen LogP) is 6.02. The van der Waals surface area contributed by atoms with Crippen molar-refractivity contribution in [2.24, 2.45) is 46.0 Å². The highest BCUT2D eigenvalue weighted by Crippen LogP contribution is 2.56. The van der Waals surface area contributed by atoms with E-state index < -0.39 is 0 Å². The lowest BCUT2D eigenvalue weighted by Crippen LogP contribution is -2.42.